The van der Waals surface area contributed by atoms with Crippen molar-refractivity contribution in [3.05, 3.63) is 29.8 Å². The lowest BCUT2D eigenvalue weighted by atomic mass is 9.86. The highest BCUT2D eigenvalue weighted by Gasteiger charge is 2.50. The first-order chi connectivity index (χ1) is 10.7. The van der Waals surface area contributed by atoms with Gasteiger partial charge in [0.15, 0.2) is 11.5 Å². The van der Waals surface area contributed by atoms with Gasteiger partial charge in [-0.3, -0.25) is 4.90 Å². The molecule has 0 amide bonds. The number of hydrogen-bond acceptors (Lipinski definition) is 5. The number of methoxy groups -OCH3 is 2. The van der Waals surface area contributed by atoms with Crippen LogP contribution in [0.15, 0.2) is 24.3 Å². The minimum absolute atomic E-state index is 0.177. The second-order valence-electron chi connectivity index (χ2n) is 6.28. The number of hydrogen-bond donors (Lipinski definition) is 1. The van der Waals surface area contributed by atoms with Gasteiger partial charge in [-0.1, -0.05) is 18.2 Å². The van der Waals surface area contributed by atoms with Crippen LogP contribution in [0.3, 0.4) is 0 Å². The van der Waals surface area contributed by atoms with Gasteiger partial charge < -0.3 is 19.3 Å². The largest absolute Gasteiger partial charge is 0.504 e. The van der Waals surface area contributed by atoms with Crippen LogP contribution in [0.25, 0.3) is 0 Å². The first kappa shape index (κ1) is 13.9. The Morgan fingerprint density at radius 2 is 1.82 bits per heavy atom. The molecule has 4 atom stereocenters. The molecule has 3 aliphatic rings. The summed E-state index contributed by atoms with van der Waals surface area (Å²) < 4.78 is 16.4. The highest BCUT2D eigenvalue weighted by molar-refractivity contribution is 5.54. The normalized spacial score (nSPS) is 32.5. The molecule has 0 spiro atoms. The van der Waals surface area contributed by atoms with Crippen molar-refractivity contribution >= 4 is 0 Å². The summed E-state index contributed by atoms with van der Waals surface area (Å²) in [6.45, 7) is 2.76. The standard InChI is InChI=1S/C17H21NO4/c1-20-15-4-3-10(16(19)17(15)21-2)7-18-8-11-12(9-18)14-6-5-13(11)22-14/h3-6,11-14,19H,7-9H2,1-2H3. The zero-order chi connectivity index (χ0) is 15.3. The molecule has 118 valence electrons. The number of fused-ring (bicyclic) bond motifs is 5. The van der Waals surface area contributed by atoms with E-state index in [0.29, 0.717) is 35.5 Å². The number of rotatable bonds is 4. The first-order valence-corrected chi connectivity index (χ1v) is 7.70. The summed E-state index contributed by atoms with van der Waals surface area (Å²) in [6, 6.07) is 3.76. The molecule has 1 aromatic rings. The summed E-state index contributed by atoms with van der Waals surface area (Å²) >= 11 is 0. The SMILES string of the molecule is COc1ccc(CN2CC3C4C=CC(O4)C3C2)c(O)c1OC. The lowest BCUT2D eigenvalue weighted by Crippen LogP contribution is -2.24. The molecule has 0 aliphatic carbocycles. The van der Waals surface area contributed by atoms with E-state index in [1.807, 2.05) is 12.1 Å². The molecule has 0 radical (unpaired) electrons. The van der Waals surface area contributed by atoms with Crippen molar-refractivity contribution in [2.45, 2.75) is 18.8 Å². The minimum Gasteiger partial charge on any atom is -0.504 e. The summed E-state index contributed by atoms with van der Waals surface area (Å²) in [7, 11) is 3.11. The molecule has 2 bridgehead atoms. The Kier molecular flexibility index (Phi) is 3.27. The van der Waals surface area contributed by atoms with Crippen LogP contribution in [0.2, 0.25) is 0 Å². The molecular formula is C17H21NO4. The molecule has 3 aliphatic heterocycles. The Bertz CT molecular complexity index is 595. The van der Waals surface area contributed by atoms with Crippen LogP contribution in [0.4, 0.5) is 0 Å². The van der Waals surface area contributed by atoms with Gasteiger partial charge in [0.2, 0.25) is 5.75 Å². The number of aromatic hydroxyl groups is 1. The highest BCUT2D eigenvalue weighted by Crippen LogP contribution is 2.45. The van der Waals surface area contributed by atoms with Crippen molar-refractivity contribution in [3.8, 4) is 17.2 Å². The minimum atomic E-state index is 0.177. The van der Waals surface area contributed by atoms with Crippen molar-refractivity contribution in [3.63, 3.8) is 0 Å². The fraction of sp³-hybridized carbons (Fsp3) is 0.529. The van der Waals surface area contributed by atoms with E-state index in [1.165, 1.54) is 0 Å². The predicted molar refractivity (Wildman–Crippen MR) is 81.3 cm³/mol. The first-order valence-electron chi connectivity index (χ1n) is 7.70. The van der Waals surface area contributed by atoms with Gasteiger partial charge in [0, 0.05) is 37.0 Å². The molecule has 2 fully saturated rings. The molecular weight excluding hydrogens is 282 g/mol. The quantitative estimate of drug-likeness (QED) is 0.860. The summed E-state index contributed by atoms with van der Waals surface area (Å²) in [4.78, 5) is 2.39. The molecule has 2 saturated heterocycles. The van der Waals surface area contributed by atoms with Crippen molar-refractivity contribution in [1.82, 2.24) is 4.90 Å². The summed E-state index contributed by atoms with van der Waals surface area (Å²) in [5, 5.41) is 10.4. The van der Waals surface area contributed by atoms with E-state index >= 15 is 0 Å². The Morgan fingerprint density at radius 3 is 2.41 bits per heavy atom. The summed E-state index contributed by atoms with van der Waals surface area (Å²) in [5.41, 5.74) is 0.874. The average Bonchev–Trinajstić information content (AvgIpc) is 3.21. The Balaban J connectivity index is 1.51. The third-order valence-electron chi connectivity index (χ3n) is 5.13. The second kappa shape index (κ2) is 5.18. The summed E-state index contributed by atoms with van der Waals surface area (Å²) in [5.74, 6) is 2.33. The maximum absolute atomic E-state index is 10.4. The Morgan fingerprint density at radius 1 is 1.14 bits per heavy atom. The zero-order valence-corrected chi connectivity index (χ0v) is 12.9. The van der Waals surface area contributed by atoms with Gasteiger partial charge in [-0.25, -0.2) is 0 Å². The monoisotopic (exact) mass is 303 g/mol. The molecule has 3 heterocycles. The topological polar surface area (TPSA) is 51.2 Å². The molecule has 1 N–H and O–H groups in total. The molecule has 4 unspecified atom stereocenters. The summed E-state index contributed by atoms with van der Waals surface area (Å²) in [6.07, 6.45) is 4.98. The van der Waals surface area contributed by atoms with Crippen LogP contribution in [-0.4, -0.2) is 49.5 Å². The predicted octanol–water partition coefficient (Wildman–Crippen LogP) is 1.79. The van der Waals surface area contributed by atoms with E-state index in [9.17, 15) is 5.11 Å². The van der Waals surface area contributed by atoms with Gasteiger partial charge in [-0.2, -0.15) is 0 Å². The zero-order valence-electron chi connectivity index (χ0n) is 12.9. The van der Waals surface area contributed by atoms with E-state index in [0.717, 1.165) is 25.2 Å². The third kappa shape index (κ3) is 2.00. The van der Waals surface area contributed by atoms with Crippen LogP contribution in [0, 0.1) is 11.8 Å². The third-order valence-corrected chi connectivity index (χ3v) is 5.13. The maximum Gasteiger partial charge on any atom is 0.203 e. The molecule has 5 nitrogen and oxygen atoms in total. The van der Waals surface area contributed by atoms with Crippen LogP contribution in [-0.2, 0) is 11.3 Å². The van der Waals surface area contributed by atoms with Gasteiger partial charge in [-0.05, 0) is 6.07 Å². The number of phenolic OH excluding ortho intramolecular Hbond substituents is 1. The molecule has 0 aromatic heterocycles. The van der Waals surface area contributed by atoms with E-state index < -0.39 is 0 Å². The number of likely N-dealkylation sites (tertiary alicyclic amines) is 1. The van der Waals surface area contributed by atoms with Crippen LogP contribution >= 0.6 is 0 Å². The Hall–Kier alpha value is -1.72. The van der Waals surface area contributed by atoms with Crippen molar-refractivity contribution < 1.29 is 19.3 Å². The van der Waals surface area contributed by atoms with Gasteiger partial charge in [-0.15, -0.1) is 0 Å². The highest BCUT2D eigenvalue weighted by atomic mass is 16.5. The number of benzene rings is 1. The van der Waals surface area contributed by atoms with Gasteiger partial charge in [0.05, 0.1) is 26.4 Å². The lowest BCUT2D eigenvalue weighted by Gasteiger charge is -2.20. The second-order valence-corrected chi connectivity index (χ2v) is 6.28. The van der Waals surface area contributed by atoms with Crippen molar-refractivity contribution in [2.24, 2.45) is 11.8 Å². The Labute approximate surface area is 130 Å². The fourth-order valence-corrected chi connectivity index (χ4v) is 4.06. The van der Waals surface area contributed by atoms with Gasteiger partial charge in [0.25, 0.3) is 0 Å². The van der Waals surface area contributed by atoms with E-state index in [1.54, 1.807) is 14.2 Å². The van der Waals surface area contributed by atoms with Crippen LogP contribution < -0.4 is 9.47 Å². The lowest BCUT2D eigenvalue weighted by molar-refractivity contribution is 0.0838. The van der Waals surface area contributed by atoms with Gasteiger partial charge >= 0.3 is 0 Å². The molecule has 1 aromatic carbocycles. The number of ether oxygens (including phenoxy) is 3. The van der Waals surface area contributed by atoms with Crippen LogP contribution in [0.5, 0.6) is 17.2 Å². The van der Waals surface area contributed by atoms with E-state index in [4.69, 9.17) is 14.2 Å². The van der Waals surface area contributed by atoms with Gasteiger partial charge in [0.1, 0.15) is 0 Å². The average molecular weight is 303 g/mol. The van der Waals surface area contributed by atoms with E-state index in [-0.39, 0.29) is 5.75 Å². The molecule has 22 heavy (non-hydrogen) atoms. The molecule has 0 saturated carbocycles. The fourth-order valence-electron chi connectivity index (χ4n) is 4.06. The van der Waals surface area contributed by atoms with Crippen molar-refractivity contribution in [2.75, 3.05) is 27.3 Å². The molecule has 4 rings (SSSR count). The number of nitrogens with zero attached hydrogens (tertiary/aromatic N) is 1. The smallest absolute Gasteiger partial charge is 0.203 e. The van der Waals surface area contributed by atoms with E-state index in [2.05, 4.69) is 17.1 Å². The van der Waals surface area contributed by atoms with Crippen LogP contribution in [0.1, 0.15) is 5.56 Å². The maximum atomic E-state index is 10.4. The molecule has 5 heteroatoms. The number of phenols is 1. The van der Waals surface area contributed by atoms with Crippen molar-refractivity contribution in [1.29, 1.82) is 0 Å².